The van der Waals surface area contributed by atoms with Gasteiger partial charge in [0, 0.05) is 6.42 Å². The lowest BCUT2D eigenvalue weighted by Crippen LogP contribution is -2.01. The van der Waals surface area contributed by atoms with Crippen molar-refractivity contribution in [3.63, 3.8) is 0 Å². The van der Waals surface area contributed by atoms with E-state index in [4.69, 9.17) is 4.74 Å². The fourth-order valence-electron chi connectivity index (χ4n) is 2.01. The molecule has 0 bridgehead atoms. The number of aliphatic hydroxyl groups is 1. The largest absolute Gasteiger partial charge is 0.496 e. The topological polar surface area (TPSA) is 42.4 Å². The predicted molar refractivity (Wildman–Crippen MR) is 80.9 cm³/mol. The highest BCUT2D eigenvalue weighted by atomic mass is 79.9. The SMILES string of the molecule is COc1ccc(CC(O)c2sc(C)nc2C)cc1Br. The average Bonchev–Trinajstić information content (AvgIpc) is 2.69. The summed E-state index contributed by atoms with van der Waals surface area (Å²) < 4.78 is 6.09. The quantitative estimate of drug-likeness (QED) is 0.919. The first-order valence-electron chi connectivity index (χ1n) is 5.95. The molecule has 0 radical (unpaired) electrons. The Balaban J connectivity index is 2.17. The molecule has 0 aliphatic carbocycles. The minimum atomic E-state index is -0.508. The van der Waals surface area contributed by atoms with Crippen LogP contribution < -0.4 is 4.74 Å². The summed E-state index contributed by atoms with van der Waals surface area (Å²) in [5.74, 6) is 0.794. The van der Waals surface area contributed by atoms with Crippen LogP contribution >= 0.6 is 27.3 Å². The van der Waals surface area contributed by atoms with Crippen LogP contribution in [-0.2, 0) is 6.42 Å². The predicted octanol–water partition coefficient (Wildman–Crippen LogP) is 3.81. The van der Waals surface area contributed by atoms with Crippen LogP contribution in [0.3, 0.4) is 0 Å². The second-order valence-corrected chi connectivity index (χ2v) is 6.46. The Morgan fingerprint density at radius 2 is 2.16 bits per heavy atom. The van der Waals surface area contributed by atoms with Crippen molar-refractivity contribution in [2.24, 2.45) is 0 Å². The number of rotatable bonds is 4. The fraction of sp³-hybridized carbons (Fsp3) is 0.357. The van der Waals surface area contributed by atoms with Gasteiger partial charge in [-0.1, -0.05) is 6.07 Å². The first-order valence-corrected chi connectivity index (χ1v) is 7.56. The number of thiazole rings is 1. The molecule has 0 fully saturated rings. The monoisotopic (exact) mass is 341 g/mol. The number of hydrogen-bond acceptors (Lipinski definition) is 4. The number of benzene rings is 1. The molecule has 2 rings (SSSR count). The van der Waals surface area contributed by atoms with Crippen molar-refractivity contribution < 1.29 is 9.84 Å². The third kappa shape index (κ3) is 3.35. The summed E-state index contributed by atoms with van der Waals surface area (Å²) >= 11 is 5.01. The van der Waals surface area contributed by atoms with Gasteiger partial charge in [0.25, 0.3) is 0 Å². The summed E-state index contributed by atoms with van der Waals surface area (Å²) in [5.41, 5.74) is 1.98. The Morgan fingerprint density at radius 3 is 2.68 bits per heavy atom. The number of ether oxygens (including phenoxy) is 1. The summed E-state index contributed by atoms with van der Waals surface area (Å²) in [4.78, 5) is 5.30. The van der Waals surface area contributed by atoms with Gasteiger partial charge in [0.05, 0.1) is 33.3 Å². The second-order valence-electron chi connectivity index (χ2n) is 4.37. The first-order chi connectivity index (χ1) is 9.01. The molecule has 1 N–H and O–H groups in total. The Kier molecular flexibility index (Phi) is 4.60. The number of hydrogen-bond donors (Lipinski definition) is 1. The lowest BCUT2D eigenvalue weighted by atomic mass is 10.1. The van der Waals surface area contributed by atoms with E-state index in [0.717, 1.165) is 31.4 Å². The Hall–Kier alpha value is -0.910. The van der Waals surface area contributed by atoms with Crippen LogP contribution in [0.2, 0.25) is 0 Å². The van der Waals surface area contributed by atoms with Crippen molar-refractivity contribution in [2.75, 3.05) is 7.11 Å². The van der Waals surface area contributed by atoms with Crippen molar-refractivity contribution in [1.82, 2.24) is 4.98 Å². The zero-order chi connectivity index (χ0) is 14.0. The van der Waals surface area contributed by atoms with Gasteiger partial charge in [-0.3, -0.25) is 0 Å². The summed E-state index contributed by atoms with van der Waals surface area (Å²) in [6.45, 7) is 3.89. The summed E-state index contributed by atoms with van der Waals surface area (Å²) in [5, 5.41) is 11.3. The number of aromatic nitrogens is 1. The molecule has 0 spiro atoms. The standard InChI is InChI=1S/C14H16BrNO2S/c1-8-14(19-9(2)16-8)12(17)7-10-4-5-13(18-3)11(15)6-10/h4-6,12,17H,7H2,1-3H3. The fourth-order valence-corrected chi connectivity index (χ4v) is 3.51. The molecule has 3 nitrogen and oxygen atoms in total. The van der Waals surface area contributed by atoms with Crippen LogP contribution in [0.5, 0.6) is 5.75 Å². The molecule has 1 unspecified atom stereocenters. The van der Waals surface area contributed by atoms with Gasteiger partial charge in [0.1, 0.15) is 5.75 Å². The van der Waals surface area contributed by atoms with Crippen LogP contribution in [0.4, 0.5) is 0 Å². The van der Waals surface area contributed by atoms with E-state index in [-0.39, 0.29) is 0 Å². The van der Waals surface area contributed by atoms with Gasteiger partial charge in [0.2, 0.25) is 0 Å². The highest BCUT2D eigenvalue weighted by Crippen LogP contribution is 2.30. The molecule has 1 atom stereocenters. The Morgan fingerprint density at radius 1 is 1.42 bits per heavy atom. The third-order valence-electron chi connectivity index (χ3n) is 2.89. The van der Waals surface area contributed by atoms with E-state index in [1.165, 1.54) is 0 Å². The first kappa shape index (κ1) is 14.5. The van der Waals surface area contributed by atoms with E-state index >= 15 is 0 Å². The third-order valence-corrected chi connectivity index (χ3v) is 4.68. The van der Waals surface area contributed by atoms with Gasteiger partial charge in [-0.05, 0) is 47.5 Å². The molecule has 1 heterocycles. The van der Waals surface area contributed by atoms with Crippen molar-refractivity contribution in [1.29, 1.82) is 0 Å². The average molecular weight is 342 g/mol. The van der Waals surface area contributed by atoms with E-state index in [0.29, 0.717) is 6.42 Å². The summed E-state index contributed by atoms with van der Waals surface area (Å²) in [7, 11) is 1.64. The number of halogens is 1. The Labute approximate surface area is 125 Å². The van der Waals surface area contributed by atoms with Crippen LogP contribution in [0.25, 0.3) is 0 Å². The van der Waals surface area contributed by atoms with E-state index in [1.807, 2.05) is 32.0 Å². The molecule has 0 saturated heterocycles. The molecule has 0 aliphatic rings. The van der Waals surface area contributed by atoms with Crippen molar-refractivity contribution in [3.05, 3.63) is 43.8 Å². The van der Waals surface area contributed by atoms with Gasteiger partial charge in [-0.15, -0.1) is 11.3 Å². The van der Waals surface area contributed by atoms with Gasteiger partial charge in [-0.2, -0.15) is 0 Å². The van der Waals surface area contributed by atoms with Gasteiger partial charge in [-0.25, -0.2) is 4.98 Å². The van der Waals surface area contributed by atoms with Crippen molar-refractivity contribution >= 4 is 27.3 Å². The molecule has 102 valence electrons. The lowest BCUT2D eigenvalue weighted by molar-refractivity contribution is 0.181. The number of nitrogens with zero attached hydrogens (tertiary/aromatic N) is 1. The number of aliphatic hydroxyl groups excluding tert-OH is 1. The minimum absolute atomic E-state index is 0.508. The molecule has 5 heteroatoms. The maximum absolute atomic E-state index is 10.3. The molecular weight excluding hydrogens is 326 g/mol. The normalized spacial score (nSPS) is 12.5. The van der Waals surface area contributed by atoms with E-state index in [1.54, 1.807) is 18.4 Å². The minimum Gasteiger partial charge on any atom is -0.496 e. The van der Waals surface area contributed by atoms with Crippen molar-refractivity contribution in [3.8, 4) is 5.75 Å². The molecule has 0 aliphatic heterocycles. The van der Waals surface area contributed by atoms with Crippen LogP contribution in [0.1, 0.15) is 27.2 Å². The molecule has 1 aromatic heterocycles. The molecule has 2 aromatic rings. The van der Waals surface area contributed by atoms with Gasteiger partial charge >= 0.3 is 0 Å². The van der Waals surface area contributed by atoms with E-state index in [9.17, 15) is 5.11 Å². The maximum Gasteiger partial charge on any atom is 0.133 e. The molecule has 1 aromatic carbocycles. The van der Waals surface area contributed by atoms with E-state index in [2.05, 4.69) is 20.9 Å². The highest BCUT2D eigenvalue weighted by Gasteiger charge is 2.15. The van der Waals surface area contributed by atoms with Gasteiger partial charge in [0.15, 0.2) is 0 Å². The maximum atomic E-state index is 10.3. The van der Waals surface area contributed by atoms with Crippen LogP contribution in [-0.4, -0.2) is 17.2 Å². The Bertz CT molecular complexity index is 583. The smallest absolute Gasteiger partial charge is 0.133 e. The summed E-state index contributed by atoms with van der Waals surface area (Å²) in [6, 6.07) is 5.85. The zero-order valence-corrected chi connectivity index (χ0v) is 13.5. The summed E-state index contributed by atoms with van der Waals surface area (Å²) in [6.07, 6.45) is 0.0666. The van der Waals surface area contributed by atoms with Gasteiger partial charge < -0.3 is 9.84 Å². The van der Waals surface area contributed by atoms with Crippen molar-refractivity contribution in [2.45, 2.75) is 26.4 Å². The highest BCUT2D eigenvalue weighted by molar-refractivity contribution is 9.10. The van der Waals surface area contributed by atoms with Crippen LogP contribution in [0, 0.1) is 13.8 Å². The molecule has 0 amide bonds. The lowest BCUT2D eigenvalue weighted by Gasteiger charge is -2.11. The second kappa shape index (κ2) is 6.03. The molecule has 0 saturated carbocycles. The number of aryl methyl sites for hydroxylation is 2. The molecule has 19 heavy (non-hydrogen) atoms. The van der Waals surface area contributed by atoms with E-state index < -0.39 is 6.10 Å². The molecular formula is C14H16BrNO2S. The number of methoxy groups -OCH3 is 1. The zero-order valence-electron chi connectivity index (χ0n) is 11.1. The van der Waals surface area contributed by atoms with Crippen LogP contribution in [0.15, 0.2) is 22.7 Å².